The number of rotatable bonds is 9. The highest BCUT2D eigenvalue weighted by Gasteiger charge is 2.51. The second-order valence-corrected chi connectivity index (χ2v) is 9.16. The summed E-state index contributed by atoms with van der Waals surface area (Å²) in [5.74, 6) is -0.162. The Morgan fingerprint density at radius 3 is 2.26 bits per heavy atom. The first-order valence-corrected chi connectivity index (χ1v) is 11.8. The maximum absolute atomic E-state index is 13.8. The molecule has 0 bridgehead atoms. The topological polar surface area (TPSA) is 158 Å². The van der Waals surface area contributed by atoms with Gasteiger partial charge in [-0.05, 0) is 50.3 Å². The van der Waals surface area contributed by atoms with Gasteiger partial charge < -0.3 is 40.6 Å². The van der Waals surface area contributed by atoms with Crippen LogP contribution >= 0.6 is 0 Å². The van der Waals surface area contributed by atoms with Crippen LogP contribution in [0.1, 0.15) is 38.2 Å². The summed E-state index contributed by atoms with van der Waals surface area (Å²) in [6.45, 7) is 2.14. The number of amides is 3. The molecule has 11 heteroatoms. The number of nitrogens with two attached hydrogens (primary N) is 2. The molecule has 0 spiro atoms. The Balaban J connectivity index is 1.94. The van der Waals surface area contributed by atoms with Crippen molar-refractivity contribution in [2.24, 2.45) is 11.5 Å². The molecule has 2 aliphatic heterocycles. The smallest absolute Gasteiger partial charge is 0.246 e. The molecule has 3 amide bonds. The lowest BCUT2D eigenvalue weighted by Crippen LogP contribution is -2.62. The zero-order valence-corrected chi connectivity index (χ0v) is 20.8. The highest BCUT2D eigenvalue weighted by molar-refractivity contribution is 5.95. The number of benzene rings is 1. The van der Waals surface area contributed by atoms with E-state index in [1.54, 1.807) is 12.1 Å². The molecule has 0 saturated carbocycles. The third-order valence-corrected chi connectivity index (χ3v) is 7.06. The van der Waals surface area contributed by atoms with Gasteiger partial charge in [-0.3, -0.25) is 14.4 Å². The first kappa shape index (κ1) is 26.6. The number of hydrogen-bond donors (Lipinski definition) is 3. The predicted molar refractivity (Wildman–Crippen MR) is 127 cm³/mol. The number of methoxy groups -OCH3 is 3. The van der Waals surface area contributed by atoms with Crippen LogP contribution in [0.2, 0.25) is 0 Å². The zero-order chi connectivity index (χ0) is 25.9. The normalized spacial score (nSPS) is 23.7. The summed E-state index contributed by atoms with van der Waals surface area (Å²) in [5, 5.41) is 9.77. The van der Waals surface area contributed by atoms with E-state index in [1.807, 2.05) is 0 Å². The lowest BCUT2D eigenvalue weighted by molar-refractivity contribution is -0.151. The molecule has 2 fully saturated rings. The highest BCUT2D eigenvalue weighted by Crippen LogP contribution is 2.41. The first-order valence-electron chi connectivity index (χ1n) is 11.8. The van der Waals surface area contributed by atoms with Crippen LogP contribution in [-0.2, 0) is 20.8 Å². The average molecular weight is 493 g/mol. The number of ether oxygens (including phenoxy) is 3. The molecule has 0 unspecified atom stereocenters. The maximum atomic E-state index is 13.8. The summed E-state index contributed by atoms with van der Waals surface area (Å²) >= 11 is 0. The van der Waals surface area contributed by atoms with Gasteiger partial charge in [0.15, 0.2) is 11.5 Å². The average Bonchev–Trinajstić information content (AvgIpc) is 3.50. The van der Waals surface area contributed by atoms with E-state index in [9.17, 15) is 19.5 Å². The van der Waals surface area contributed by atoms with Crippen LogP contribution in [0.3, 0.4) is 0 Å². The van der Waals surface area contributed by atoms with Crippen LogP contribution in [0, 0.1) is 0 Å². The number of likely N-dealkylation sites (tertiary alicyclic amines) is 2. The van der Waals surface area contributed by atoms with Gasteiger partial charge in [-0.25, -0.2) is 0 Å². The fourth-order valence-electron chi connectivity index (χ4n) is 5.17. The Morgan fingerprint density at radius 1 is 1.11 bits per heavy atom. The second-order valence-electron chi connectivity index (χ2n) is 9.16. The number of carbonyl (C=O) groups is 3. The van der Waals surface area contributed by atoms with Gasteiger partial charge in [0, 0.05) is 19.5 Å². The summed E-state index contributed by atoms with van der Waals surface area (Å²) in [7, 11) is 4.50. The molecule has 1 aromatic carbocycles. The number of primary amides is 1. The highest BCUT2D eigenvalue weighted by atomic mass is 16.5. The fourth-order valence-corrected chi connectivity index (χ4v) is 5.17. The minimum Gasteiger partial charge on any atom is -0.493 e. The van der Waals surface area contributed by atoms with Gasteiger partial charge in [-0.15, -0.1) is 0 Å². The Bertz CT molecular complexity index is 944. The maximum Gasteiger partial charge on any atom is 0.246 e. The summed E-state index contributed by atoms with van der Waals surface area (Å²) in [5.41, 5.74) is 11.2. The number of nitrogens with zero attached hydrogens (tertiary/aromatic N) is 2. The Hall–Kier alpha value is -3.05. The van der Waals surface area contributed by atoms with Crippen molar-refractivity contribution in [3.05, 3.63) is 17.7 Å². The summed E-state index contributed by atoms with van der Waals surface area (Å²) in [6.07, 6.45) is 1.16. The fraction of sp³-hybridized carbons (Fsp3) is 0.625. The minimum atomic E-state index is -1.27. The summed E-state index contributed by atoms with van der Waals surface area (Å²) < 4.78 is 16.3. The monoisotopic (exact) mass is 492 g/mol. The van der Waals surface area contributed by atoms with Crippen molar-refractivity contribution in [3.8, 4) is 17.2 Å². The third kappa shape index (κ3) is 4.87. The Morgan fingerprint density at radius 2 is 1.74 bits per heavy atom. The van der Waals surface area contributed by atoms with Crippen LogP contribution in [0.15, 0.2) is 12.1 Å². The molecule has 3 rings (SSSR count). The molecule has 4 atom stereocenters. The second kappa shape index (κ2) is 10.7. The van der Waals surface area contributed by atoms with Crippen molar-refractivity contribution < 1.29 is 33.7 Å². The molecular weight excluding hydrogens is 456 g/mol. The van der Waals surface area contributed by atoms with Gasteiger partial charge in [-0.2, -0.15) is 0 Å². The number of aliphatic hydroxyl groups excluding tert-OH is 1. The van der Waals surface area contributed by atoms with Crippen molar-refractivity contribution in [3.63, 3.8) is 0 Å². The van der Waals surface area contributed by atoms with Crippen LogP contribution in [0.5, 0.6) is 17.2 Å². The van der Waals surface area contributed by atoms with Crippen molar-refractivity contribution in [1.29, 1.82) is 0 Å². The van der Waals surface area contributed by atoms with Crippen molar-refractivity contribution >= 4 is 17.7 Å². The molecule has 5 N–H and O–H groups in total. The van der Waals surface area contributed by atoms with E-state index in [2.05, 4.69) is 0 Å². The van der Waals surface area contributed by atoms with E-state index in [1.165, 1.54) is 38.1 Å². The van der Waals surface area contributed by atoms with Crippen LogP contribution in [-0.4, -0.2) is 90.8 Å². The number of aliphatic hydroxyl groups is 1. The van der Waals surface area contributed by atoms with Gasteiger partial charge in [-0.1, -0.05) is 0 Å². The summed E-state index contributed by atoms with van der Waals surface area (Å²) in [4.78, 5) is 42.5. The zero-order valence-electron chi connectivity index (χ0n) is 20.8. The molecular formula is C24H36N4O7. The van der Waals surface area contributed by atoms with Gasteiger partial charge >= 0.3 is 0 Å². The Labute approximate surface area is 205 Å². The van der Waals surface area contributed by atoms with Gasteiger partial charge in [0.25, 0.3) is 0 Å². The molecule has 194 valence electrons. The van der Waals surface area contributed by atoms with Gasteiger partial charge in [0.05, 0.1) is 27.4 Å². The molecule has 1 aromatic rings. The van der Waals surface area contributed by atoms with Crippen molar-refractivity contribution in [1.82, 2.24) is 9.80 Å². The molecule has 2 heterocycles. The van der Waals surface area contributed by atoms with Gasteiger partial charge in [0.2, 0.25) is 23.5 Å². The van der Waals surface area contributed by atoms with E-state index < -0.39 is 35.5 Å². The SMILES string of the molecule is COc1cc(C[C@@]2(C(N)=O)CCCN2C(=O)[C@@H]2CCCN2C(=O)[C@@H](N)[C@@H](C)O)cc(OC)c1OC. The minimum absolute atomic E-state index is 0.151. The molecule has 2 saturated heterocycles. The van der Waals surface area contributed by atoms with Crippen LogP contribution in [0.25, 0.3) is 0 Å². The van der Waals surface area contributed by atoms with Crippen LogP contribution in [0.4, 0.5) is 0 Å². The van der Waals surface area contributed by atoms with Crippen LogP contribution < -0.4 is 25.7 Å². The molecule has 0 radical (unpaired) electrons. The van der Waals surface area contributed by atoms with Crippen molar-refractivity contribution in [2.75, 3.05) is 34.4 Å². The van der Waals surface area contributed by atoms with E-state index in [4.69, 9.17) is 25.7 Å². The summed E-state index contributed by atoms with van der Waals surface area (Å²) in [6, 6.07) is 1.59. The molecule has 2 aliphatic rings. The third-order valence-electron chi connectivity index (χ3n) is 7.06. The lowest BCUT2D eigenvalue weighted by atomic mass is 9.86. The van der Waals surface area contributed by atoms with Crippen molar-refractivity contribution in [2.45, 2.75) is 62.8 Å². The standard InChI is InChI=1S/C24H36N4O7/c1-14(29)19(25)22(31)27-9-5-7-16(27)21(30)28-10-6-8-24(28,23(26)32)13-15-11-17(33-2)20(35-4)18(12-15)34-3/h11-12,14,16,19,29H,5-10,13,25H2,1-4H3,(H2,26,32)/t14-,16+,19+,24-/m1/s1. The van der Waals surface area contributed by atoms with E-state index >= 15 is 0 Å². The number of hydrogen-bond acceptors (Lipinski definition) is 8. The van der Waals surface area contributed by atoms with E-state index in [-0.39, 0.29) is 12.3 Å². The largest absolute Gasteiger partial charge is 0.493 e. The van der Waals surface area contributed by atoms with E-state index in [0.717, 1.165) is 0 Å². The lowest BCUT2D eigenvalue weighted by Gasteiger charge is -2.39. The first-order chi connectivity index (χ1) is 16.6. The predicted octanol–water partition coefficient (Wildman–Crippen LogP) is -0.199. The van der Waals surface area contributed by atoms with E-state index in [0.29, 0.717) is 61.6 Å². The number of carbonyl (C=O) groups excluding carboxylic acids is 3. The van der Waals surface area contributed by atoms with Gasteiger partial charge in [0.1, 0.15) is 17.6 Å². The molecule has 0 aliphatic carbocycles. The molecule has 11 nitrogen and oxygen atoms in total. The molecule has 35 heavy (non-hydrogen) atoms. The molecule has 0 aromatic heterocycles. The Kier molecular flexibility index (Phi) is 8.11. The quantitative estimate of drug-likeness (QED) is 0.428.